The summed E-state index contributed by atoms with van der Waals surface area (Å²) < 4.78 is 77.1. The first kappa shape index (κ1) is 20.0. The zero-order chi connectivity index (χ0) is 14.6. The molecule has 8 nitrogen and oxygen atoms in total. The van der Waals surface area contributed by atoms with E-state index in [0.29, 0.717) is 13.3 Å². The third kappa shape index (κ3) is 5.04. The van der Waals surface area contributed by atoms with Gasteiger partial charge in [0.1, 0.15) is 0 Å². The highest BCUT2D eigenvalue weighted by Crippen LogP contribution is 2.16. The lowest BCUT2D eigenvalue weighted by atomic mass is 11.0. The maximum atomic E-state index is 12.1. The van der Waals surface area contributed by atoms with Crippen LogP contribution >= 0.6 is 0 Å². The van der Waals surface area contributed by atoms with Crippen LogP contribution < -0.4 is 0 Å². The molecule has 1 atom stereocenters. The van der Waals surface area contributed by atoms with Crippen molar-refractivity contribution in [3.63, 3.8) is 0 Å². The van der Waals surface area contributed by atoms with Crippen molar-refractivity contribution < 1.29 is 39.9 Å². The van der Waals surface area contributed by atoms with Crippen molar-refractivity contribution in [1.82, 2.24) is 4.31 Å². The second-order valence-corrected chi connectivity index (χ2v) is 5.96. The van der Waals surface area contributed by atoms with E-state index < -0.39 is 32.1 Å². The summed E-state index contributed by atoms with van der Waals surface area (Å²) in [5.74, 6) is -4.04. The molecule has 0 spiro atoms. The highest BCUT2D eigenvalue weighted by atomic mass is 32.3. The van der Waals surface area contributed by atoms with Crippen LogP contribution in [0.3, 0.4) is 0 Å². The molecule has 0 aromatic heterocycles. The number of ether oxygens (including phenoxy) is 1. The molecule has 1 unspecified atom stereocenters. The maximum Gasteiger partial charge on any atom is 0.429 e. The number of carbonyl (C=O) groups excluding carboxylic acids is 1. The molecule has 0 aromatic rings. The molecule has 0 saturated carbocycles. The highest BCUT2D eigenvalue weighted by molar-refractivity contribution is 8.00. The van der Waals surface area contributed by atoms with Crippen LogP contribution in [0.4, 0.5) is 18.1 Å². The van der Waals surface area contributed by atoms with Gasteiger partial charge in [0.25, 0.3) is 10.0 Å². The van der Waals surface area contributed by atoms with Crippen LogP contribution in [0, 0.1) is 0 Å². The van der Waals surface area contributed by atoms with Gasteiger partial charge in [-0.25, -0.2) is 9.00 Å². The summed E-state index contributed by atoms with van der Waals surface area (Å²) in [6, 6.07) is 0. The molecule has 1 amide bonds. The standard InChI is InChI=1S/C5H7F3N2O6S2.CH4/c1-3-15-5(11)10(2)18(13,14)9-17(12,16-8)4(6)7;/h3-4H,1H2,2H3;1H4. The molecule has 0 aliphatic carbocycles. The van der Waals surface area contributed by atoms with Gasteiger partial charge in [-0.2, -0.15) is 21.5 Å². The van der Waals surface area contributed by atoms with Gasteiger partial charge in [0.2, 0.25) is 0 Å². The van der Waals surface area contributed by atoms with E-state index in [9.17, 15) is 30.7 Å². The normalized spacial score (nSPS) is 13.9. The molecule has 114 valence electrons. The Morgan fingerprint density at radius 3 is 2.21 bits per heavy atom. The number of halogens is 3. The van der Waals surface area contributed by atoms with E-state index in [-0.39, 0.29) is 11.7 Å². The zero-order valence-corrected chi connectivity index (χ0v) is 10.3. The van der Waals surface area contributed by atoms with Crippen LogP contribution in [0.15, 0.2) is 16.6 Å². The fourth-order valence-corrected chi connectivity index (χ4v) is 2.58. The summed E-state index contributed by atoms with van der Waals surface area (Å²) in [6.45, 7) is 2.93. The SMILES string of the molecule is C.C=COC(=O)N(C)S(=O)(=O)N=S(=O)(OF)C(F)F. The van der Waals surface area contributed by atoms with Crippen molar-refractivity contribution in [2.45, 2.75) is 13.2 Å². The Morgan fingerprint density at radius 2 is 1.89 bits per heavy atom. The minimum atomic E-state index is -5.43. The number of amides is 1. The van der Waals surface area contributed by atoms with Crippen LogP contribution in [-0.2, 0) is 29.3 Å². The summed E-state index contributed by atoms with van der Waals surface area (Å²) in [6.07, 6.45) is -1.03. The van der Waals surface area contributed by atoms with E-state index in [4.69, 9.17) is 0 Å². The second-order valence-electron chi connectivity index (χ2n) is 2.41. The predicted molar refractivity (Wildman–Crippen MR) is 58.9 cm³/mol. The van der Waals surface area contributed by atoms with Crippen LogP contribution in [-0.4, -0.2) is 35.8 Å². The predicted octanol–water partition coefficient (Wildman–Crippen LogP) is 1.59. The van der Waals surface area contributed by atoms with E-state index in [2.05, 4.69) is 15.7 Å². The lowest BCUT2D eigenvalue weighted by Gasteiger charge is -2.12. The summed E-state index contributed by atoms with van der Waals surface area (Å²) in [5.41, 5.74) is 0. The summed E-state index contributed by atoms with van der Waals surface area (Å²) in [4.78, 5) is 10.9. The van der Waals surface area contributed by atoms with Gasteiger partial charge in [-0.3, -0.25) is 0 Å². The minimum Gasteiger partial charge on any atom is -0.418 e. The van der Waals surface area contributed by atoms with Crippen LogP contribution in [0.25, 0.3) is 0 Å². The Labute approximate surface area is 108 Å². The Kier molecular flexibility index (Phi) is 7.68. The van der Waals surface area contributed by atoms with Crippen molar-refractivity contribution in [2.75, 3.05) is 7.05 Å². The summed E-state index contributed by atoms with van der Waals surface area (Å²) in [7, 11) is -10.1. The molecule has 13 heteroatoms. The lowest BCUT2D eigenvalue weighted by molar-refractivity contribution is -0.000810. The molecule has 0 radical (unpaired) electrons. The van der Waals surface area contributed by atoms with Gasteiger partial charge < -0.3 is 4.74 Å². The first-order valence-corrected chi connectivity index (χ1v) is 6.66. The molecule has 0 aliphatic rings. The summed E-state index contributed by atoms with van der Waals surface area (Å²) in [5, 5.41) is 0. The Morgan fingerprint density at radius 1 is 1.42 bits per heavy atom. The zero-order valence-electron chi connectivity index (χ0n) is 8.66. The summed E-state index contributed by atoms with van der Waals surface area (Å²) >= 11 is 0. The molecule has 0 heterocycles. The highest BCUT2D eigenvalue weighted by Gasteiger charge is 2.32. The van der Waals surface area contributed by atoms with E-state index in [1.54, 1.807) is 0 Å². The smallest absolute Gasteiger partial charge is 0.418 e. The van der Waals surface area contributed by atoms with Crippen LogP contribution in [0.5, 0.6) is 0 Å². The van der Waals surface area contributed by atoms with Crippen molar-refractivity contribution in [3.05, 3.63) is 12.8 Å². The van der Waals surface area contributed by atoms with Gasteiger partial charge in [-0.1, -0.05) is 22.2 Å². The van der Waals surface area contributed by atoms with Gasteiger partial charge >= 0.3 is 22.1 Å². The number of hydrogen-bond donors (Lipinski definition) is 0. The van der Waals surface area contributed by atoms with Crippen molar-refractivity contribution in [2.24, 2.45) is 3.77 Å². The fraction of sp³-hybridized carbons (Fsp3) is 0.500. The maximum absolute atomic E-state index is 12.1. The van der Waals surface area contributed by atoms with Crippen LogP contribution in [0.1, 0.15) is 7.43 Å². The Hall–Kier alpha value is -1.34. The van der Waals surface area contributed by atoms with E-state index >= 15 is 0 Å². The van der Waals surface area contributed by atoms with E-state index in [1.165, 1.54) is 0 Å². The Balaban J connectivity index is 0. The van der Waals surface area contributed by atoms with Gasteiger partial charge in [-0.05, 0) is 4.53 Å². The molecule has 0 rings (SSSR count). The van der Waals surface area contributed by atoms with Gasteiger partial charge in [0, 0.05) is 7.05 Å². The molecule has 0 bridgehead atoms. The third-order valence-electron chi connectivity index (χ3n) is 1.30. The average Bonchev–Trinajstić information content (AvgIpc) is 2.27. The first-order chi connectivity index (χ1) is 8.10. The number of carbonyl (C=O) groups is 1. The van der Waals surface area contributed by atoms with Gasteiger partial charge in [-0.15, -0.1) is 0 Å². The largest absolute Gasteiger partial charge is 0.429 e. The molecule has 0 N–H and O–H groups in total. The monoisotopic (exact) mass is 328 g/mol. The van der Waals surface area contributed by atoms with E-state index in [1.807, 2.05) is 3.77 Å². The van der Waals surface area contributed by atoms with Crippen molar-refractivity contribution in [1.29, 1.82) is 0 Å². The van der Waals surface area contributed by atoms with Gasteiger partial charge in [0.15, 0.2) is 0 Å². The van der Waals surface area contributed by atoms with E-state index in [0.717, 1.165) is 0 Å². The van der Waals surface area contributed by atoms with Gasteiger partial charge in [0.05, 0.1) is 6.26 Å². The lowest BCUT2D eigenvalue weighted by Crippen LogP contribution is -2.32. The number of alkyl halides is 2. The minimum absolute atomic E-state index is 0. The number of hydrogen-bond acceptors (Lipinski definition) is 6. The third-order valence-corrected chi connectivity index (χ3v) is 4.36. The first-order valence-electron chi connectivity index (χ1n) is 3.76. The van der Waals surface area contributed by atoms with Crippen molar-refractivity contribution in [3.8, 4) is 0 Å². The molecule has 19 heavy (non-hydrogen) atoms. The average molecular weight is 328 g/mol. The number of rotatable bonds is 5. The quantitative estimate of drug-likeness (QED) is 0.710. The molecule has 0 aromatic carbocycles. The second kappa shape index (κ2) is 7.30. The molecular formula is C6H11F3N2O6S2. The topological polar surface area (TPSA) is 102 Å². The molecule has 0 saturated heterocycles. The molecule has 0 fully saturated rings. The molecular weight excluding hydrogens is 317 g/mol. The van der Waals surface area contributed by atoms with Crippen molar-refractivity contribution >= 4 is 26.3 Å². The molecule has 0 aliphatic heterocycles. The fourth-order valence-electron chi connectivity index (χ4n) is 0.493. The number of nitrogens with zero attached hydrogens (tertiary/aromatic N) is 2. The van der Waals surface area contributed by atoms with Crippen LogP contribution in [0.2, 0.25) is 0 Å². The Bertz CT molecular complexity index is 539.